The van der Waals surface area contributed by atoms with Crippen molar-refractivity contribution in [2.75, 3.05) is 0 Å². The molecule has 3 aromatic rings. The lowest BCUT2D eigenvalue weighted by molar-refractivity contribution is 0.392. The standard InChI is InChI=1S/C14H15N3O2S/c1-4-10-5-11-13(20-10)15-7-17(14(11)18)6-12-8(2)16-19-9(12)3/h5,7H,4,6H2,1-3H3. The molecule has 0 spiro atoms. The number of nitrogens with zero attached hydrogens (tertiary/aromatic N) is 3. The van der Waals surface area contributed by atoms with Crippen LogP contribution in [-0.4, -0.2) is 14.7 Å². The third-order valence-corrected chi connectivity index (χ3v) is 4.61. The maximum Gasteiger partial charge on any atom is 0.262 e. The summed E-state index contributed by atoms with van der Waals surface area (Å²) < 4.78 is 6.74. The average molecular weight is 289 g/mol. The summed E-state index contributed by atoms with van der Waals surface area (Å²) in [6.45, 7) is 6.25. The topological polar surface area (TPSA) is 60.9 Å². The molecule has 0 saturated carbocycles. The molecule has 0 fully saturated rings. The van der Waals surface area contributed by atoms with Crippen molar-refractivity contribution in [3.8, 4) is 0 Å². The summed E-state index contributed by atoms with van der Waals surface area (Å²) in [6, 6.07) is 1.94. The van der Waals surface area contributed by atoms with Crippen LogP contribution in [0.1, 0.15) is 28.8 Å². The van der Waals surface area contributed by atoms with Gasteiger partial charge in [0.15, 0.2) is 0 Å². The van der Waals surface area contributed by atoms with Gasteiger partial charge >= 0.3 is 0 Å². The molecule has 0 aliphatic carbocycles. The summed E-state index contributed by atoms with van der Waals surface area (Å²) >= 11 is 1.58. The van der Waals surface area contributed by atoms with Gasteiger partial charge in [-0.15, -0.1) is 11.3 Å². The van der Waals surface area contributed by atoms with Gasteiger partial charge in [0.2, 0.25) is 0 Å². The van der Waals surface area contributed by atoms with Crippen LogP contribution in [0.3, 0.4) is 0 Å². The third kappa shape index (κ3) is 2.06. The van der Waals surface area contributed by atoms with E-state index in [-0.39, 0.29) is 5.56 Å². The van der Waals surface area contributed by atoms with E-state index in [0.29, 0.717) is 11.9 Å². The van der Waals surface area contributed by atoms with Gasteiger partial charge in [-0.25, -0.2) is 4.98 Å². The van der Waals surface area contributed by atoms with Crippen molar-refractivity contribution < 1.29 is 4.52 Å². The van der Waals surface area contributed by atoms with Gasteiger partial charge in [-0.3, -0.25) is 9.36 Å². The van der Waals surface area contributed by atoms with Crippen LogP contribution in [0, 0.1) is 13.8 Å². The van der Waals surface area contributed by atoms with Gasteiger partial charge in [0.05, 0.1) is 24.0 Å². The Kier molecular flexibility index (Phi) is 3.17. The number of hydrogen-bond acceptors (Lipinski definition) is 5. The smallest absolute Gasteiger partial charge is 0.262 e. The minimum absolute atomic E-state index is 0.00838. The molecule has 0 unspecified atom stereocenters. The van der Waals surface area contributed by atoms with Crippen molar-refractivity contribution in [1.82, 2.24) is 14.7 Å². The van der Waals surface area contributed by atoms with Crippen LogP contribution in [0.4, 0.5) is 0 Å². The number of hydrogen-bond donors (Lipinski definition) is 0. The summed E-state index contributed by atoms with van der Waals surface area (Å²) in [5, 5.41) is 4.61. The fourth-order valence-electron chi connectivity index (χ4n) is 2.19. The molecule has 3 aromatic heterocycles. The Balaban J connectivity index is 2.09. The maximum atomic E-state index is 12.5. The molecule has 0 amide bonds. The second kappa shape index (κ2) is 4.86. The summed E-state index contributed by atoms with van der Waals surface area (Å²) in [5.74, 6) is 0.745. The molecule has 0 N–H and O–H groups in total. The molecule has 3 heterocycles. The van der Waals surface area contributed by atoms with E-state index in [0.717, 1.165) is 28.3 Å². The molecule has 6 heteroatoms. The predicted molar refractivity (Wildman–Crippen MR) is 78.3 cm³/mol. The highest BCUT2D eigenvalue weighted by Gasteiger charge is 2.13. The van der Waals surface area contributed by atoms with Gasteiger partial charge in [-0.05, 0) is 26.3 Å². The lowest BCUT2D eigenvalue weighted by Gasteiger charge is -2.04. The molecule has 0 aromatic carbocycles. The highest BCUT2D eigenvalue weighted by molar-refractivity contribution is 7.18. The van der Waals surface area contributed by atoms with Gasteiger partial charge in [0.25, 0.3) is 5.56 Å². The second-order valence-electron chi connectivity index (χ2n) is 4.77. The Morgan fingerprint density at radius 2 is 2.20 bits per heavy atom. The Labute approximate surface area is 119 Å². The fourth-order valence-corrected chi connectivity index (χ4v) is 3.12. The Bertz CT molecular complexity index is 809. The molecule has 3 rings (SSSR count). The number of fused-ring (bicyclic) bond motifs is 1. The largest absolute Gasteiger partial charge is 0.361 e. The normalized spacial score (nSPS) is 11.3. The molecular weight excluding hydrogens is 274 g/mol. The molecule has 20 heavy (non-hydrogen) atoms. The zero-order valence-corrected chi connectivity index (χ0v) is 12.5. The van der Waals surface area contributed by atoms with Crippen molar-refractivity contribution in [2.24, 2.45) is 0 Å². The van der Waals surface area contributed by atoms with E-state index in [9.17, 15) is 4.79 Å². The predicted octanol–water partition coefficient (Wildman–Crippen LogP) is 2.67. The van der Waals surface area contributed by atoms with Gasteiger partial charge < -0.3 is 4.52 Å². The molecule has 0 radical (unpaired) electrons. The minimum Gasteiger partial charge on any atom is -0.361 e. The number of aryl methyl sites for hydroxylation is 3. The van der Waals surface area contributed by atoms with Crippen LogP contribution in [0.15, 0.2) is 21.7 Å². The first-order valence-corrected chi connectivity index (χ1v) is 7.31. The van der Waals surface area contributed by atoms with Crippen molar-refractivity contribution in [3.05, 3.63) is 44.6 Å². The molecule has 0 atom stereocenters. The Morgan fingerprint density at radius 1 is 1.40 bits per heavy atom. The van der Waals surface area contributed by atoms with Gasteiger partial charge in [0.1, 0.15) is 10.6 Å². The first kappa shape index (κ1) is 13.1. The SMILES string of the molecule is CCc1cc2c(=O)n(Cc3c(C)noc3C)cnc2s1. The fraction of sp³-hybridized carbons (Fsp3) is 0.357. The van der Waals surface area contributed by atoms with E-state index in [1.54, 1.807) is 22.2 Å². The lowest BCUT2D eigenvalue weighted by atomic mass is 10.2. The molecule has 104 valence electrons. The first-order valence-electron chi connectivity index (χ1n) is 6.49. The van der Waals surface area contributed by atoms with E-state index < -0.39 is 0 Å². The van der Waals surface area contributed by atoms with Gasteiger partial charge in [-0.1, -0.05) is 12.1 Å². The van der Waals surface area contributed by atoms with Crippen LogP contribution >= 0.6 is 11.3 Å². The van der Waals surface area contributed by atoms with Crippen molar-refractivity contribution in [3.63, 3.8) is 0 Å². The maximum absolute atomic E-state index is 12.5. The molecule has 0 aliphatic heterocycles. The Hall–Kier alpha value is -1.95. The van der Waals surface area contributed by atoms with Crippen molar-refractivity contribution in [2.45, 2.75) is 33.7 Å². The van der Waals surface area contributed by atoms with Crippen LogP contribution in [0.5, 0.6) is 0 Å². The van der Waals surface area contributed by atoms with E-state index in [2.05, 4.69) is 17.1 Å². The highest BCUT2D eigenvalue weighted by atomic mass is 32.1. The summed E-state index contributed by atoms with van der Waals surface area (Å²) in [4.78, 5) is 18.9. The number of aromatic nitrogens is 3. The lowest BCUT2D eigenvalue weighted by Crippen LogP contribution is -2.20. The van der Waals surface area contributed by atoms with Gasteiger partial charge in [0, 0.05) is 10.4 Å². The molecule has 5 nitrogen and oxygen atoms in total. The quantitative estimate of drug-likeness (QED) is 0.743. The highest BCUT2D eigenvalue weighted by Crippen LogP contribution is 2.21. The molecular formula is C14H15N3O2S. The summed E-state index contributed by atoms with van der Waals surface area (Å²) in [7, 11) is 0. The number of thiophene rings is 1. The van der Waals surface area contributed by atoms with E-state index in [4.69, 9.17) is 4.52 Å². The van der Waals surface area contributed by atoms with Gasteiger partial charge in [-0.2, -0.15) is 0 Å². The van der Waals surface area contributed by atoms with E-state index in [1.807, 2.05) is 19.9 Å². The van der Waals surface area contributed by atoms with Crippen molar-refractivity contribution >= 4 is 21.6 Å². The molecule has 0 saturated heterocycles. The molecule has 0 bridgehead atoms. The van der Waals surface area contributed by atoms with Crippen molar-refractivity contribution in [1.29, 1.82) is 0 Å². The average Bonchev–Trinajstić information content (AvgIpc) is 3.00. The van der Waals surface area contributed by atoms with Crippen LogP contribution in [0.2, 0.25) is 0 Å². The molecule has 0 aliphatic rings. The minimum atomic E-state index is -0.00838. The van der Waals surface area contributed by atoms with Crippen LogP contribution < -0.4 is 5.56 Å². The monoisotopic (exact) mass is 289 g/mol. The second-order valence-corrected chi connectivity index (χ2v) is 5.88. The number of rotatable bonds is 3. The third-order valence-electron chi connectivity index (χ3n) is 3.43. The summed E-state index contributed by atoms with van der Waals surface area (Å²) in [5.41, 5.74) is 1.75. The summed E-state index contributed by atoms with van der Waals surface area (Å²) in [6.07, 6.45) is 2.52. The van der Waals surface area contributed by atoms with Crippen LogP contribution in [-0.2, 0) is 13.0 Å². The zero-order chi connectivity index (χ0) is 14.3. The Morgan fingerprint density at radius 3 is 2.85 bits per heavy atom. The van der Waals surface area contributed by atoms with E-state index in [1.165, 1.54) is 4.88 Å². The first-order chi connectivity index (χ1) is 9.60. The van der Waals surface area contributed by atoms with Crippen LogP contribution in [0.25, 0.3) is 10.2 Å². The zero-order valence-electron chi connectivity index (χ0n) is 11.6. The van der Waals surface area contributed by atoms with E-state index >= 15 is 0 Å².